The number of rotatable bonds is 7. The summed E-state index contributed by atoms with van der Waals surface area (Å²) in [6.45, 7) is 4.92. The Labute approximate surface area is 170 Å². The van der Waals surface area contributed by atoms with Gasteiger partial charge in [-0.2, -0.15) is 0 Å². The summed E-state index contributed by atoms with van der Waals surface area (Å²) < 4.78 is 35.9. The van der Waals surface area contributed by atoms with Gasteiger partial charge < -0.3 is 14.0 Å². The van der Waals surface area contributed by atoms with Crippen LogP contribution >= 0.6 is 0 Å². The molecule has 1 aromatic carbocycles. The van der Waals surface area contributed by atoms with E-state index in [1.54, 1.807) is 6.07 Å². The van der Waals surface area contributed by atoms with Crippen LogP contribution in [0.5, 0.6) is 0 Å². The van der Waals surface area contributed by atoms with Crippen LogP contribution in [0.1, 0.15) is 44.9 Å². The highest BCUT2D eigenvalue weighted by Crippen LogP contribution is 2.21. The van der Waals surface area contributed by atoms with Crippen LogP contribution in [0, 0.1) is 13.8 Å². The first-order chi connectivity index (χ1) is 13.7. The van der Waals surface area contributed by atoms with Gasteiger partial charge in [0, 0.05) is 36.4 Å². The van der Waals surface area contributed by atoms with Crippen LogP contribution in [0.25, 0.3) is 0 Å². The van der Waals surface area contributed by atoms with Crippen molar-refractivity contribution < 1.29 is 27.5 Å². The number of ether oxygens (including phenoxy) is 2. The molecule has 1 aliphatic heterocycles. The van der Waals surface area contributed by atoms with E-state index in [0.717, 1.165) is 37.1 Å². The molecule has 29 heavy (non-hydrogen) atoms. The summed E-state index contributed by atoms with van der Waals surface area (Å²) in [6.07, 6.45) is 3.32. The third kappa shape index (κ3) is 4.94. The van der Waals surface area contributed by atoms with E-state index in [9.17, 15) is 18.0 Å². The minimum atomic E-state index is -3.34. The number of nitrogens with zero attached hydrogens (tertiary/aromatic N) is 1. The molecule has 0 spiro atoms. The lowest BCUT2D eigenvalue weighted by Crippen LogP contribution is -2.18. The first kappa shape index (κ1) is 21.3. The van der Waals surface area contributed by atoms with E-state index >= 15 is 0 Å². The van der Waals surface area contributed by atoms with Gasteiger partial charge in [0.2, 0.25) is 5.78 Å². The summed E-state index contributed by atoms with van der Waals surface area (Å²) >= 11 is 0. The van der Waals surface area contributed by atoms with Gasteiger partial charge in [0.15, 0.2) is 16.4 Å². The Morgan fingerprint density at radius 1 is 1.21 bits per heavy atom. The summed E-state index contributed by atoms with van der Waals surface area (Å²) in [4.78, 5) is 24.9. The molecule has 3 rings (SSSR count). The predicted octanol–water partition coefficient (Wildman–Crippen LogP) is 2.73. The highest BCUT2D eigenvalue weighted by Gasteiger charge is 2.22. The van der Waals surface area contributed by atoms with Crippen molar-refractivity contribution >= 4 is 21.6 Å². The van der Waals surface area contributed by atoms with Gasteiger partial charge in [0.25, 0.3) is 0 Å². The minimum Gasteiger partial charge on any atom is -0.454 e. The summed E-state index contributed by atoms with van der Waals surface area (Å²) in [5.74, 6) is -0.954. The molecular weight excluding hydrogens is 394 g/mol. The zero-order valence-corrected chi connectivity index (χ0v) is 17.6. The van der Waals surface area contributed by atoms with Crippen molar-refractivity contribution in [2.24, 2.45) is 0 Å². The lowest BCUT2D eigenvalue weighted by Gasteiger charge is -2.14. The number of esters is 1. The highest BCUT2D eigenvalue weighted by atomic mass is 32.2. The average molecular weight is 419 g/mol. The lowest BCUT2D eigenvalue weighted by molar-refractivity contribution is 0.0474. The Balaban J connectivity index is 1.64. The third-order valence-corrected chi connectivity index (χ3v) is 6.27. The maximum atomic E-state index is 12.6. The zero-order valence-electron chi connectivity index (χ0n) is 16.8. The molecular formula is C21H25NO6S. The standard InChI is InChI=1S/C21H25NO6S/c1-14-11-19(15(2)22(14)12-17-5-4-10-27-17)20(23)13-28-21(24)16-6-8-18(9-7-16)29(3,25)26/h6-9,11,17H,4-5,10,12-13H2,1-3H3. The number of Topliss-reactive ketones (excluding diaryl/α,β-unsaturated/α-hetero) is 1. The lowest BCUT2D eigenvalue weighted by atomic mass is 10.1. The normalized spacial score (nSPS) is 16.7. The minimum absolute atomic E-state index is 0.115. The van der Waals surface area contributed by atoms with Crippen LogP contribution in [0.2, 0.25) is 0 Å². The Hall–Kier alpha value is -2.45. The Morgan fingerprint density at radius 3 is 2.48 bits per heavy atom. The second-order valence-corrected chi connectivity index (χ2v) is 9.34. The van der Waals surface area contributed by atoms with Gasteiger partial charge in [0.05, 0.1) is 16.6 Å². The van der Waals surface area contributed by atoms with E-state index < -0.39 is 15.8 Å². The largest absolute Gasteiger partial charge is 0.454 e. The number of carbonyl (C=O) groups is 2. The van der Waals surface area contributed by atoms with Crippen LogP contribution in [0.3, 0.4) is 0 Å². The van der Waals surface area contributed by atoms with Crippen LogP contribution in [-0.4, -0.2) is 50.3 Å². The molecule has 7 nitrogen and oxygen atoms in total. The number of hydrogen-bond acceptors (Lipinski definition) is 6. The average Bonchev–Trinajstić information content (AvgIpc) is 3.29. The molecule has 8 heteroatoms. The summed E-state index contributed by atoms with van der Waals surface area (Å²) in [7, 11) is -3.34. The molecule has 0 bridgehead atoms. The number of ketones is 1. The van der Waals surface area contributed by atoms with Crippen molar-refractivity contribution in [2.45, 2.75) is 44.2 Å². The van der Waals surface area contributed by atoms with Gasteiger partial charge in [-0.3, -0.25) is 4.79 Å². The first-order valence-corrected chi connectivity index (χ1v) is 11.3. The van der Waals surface area contributed by atoms with Crippen LogP contribution < -0.4 is 0 Å². The molecule has 1 atom stereocenters. The van der Waals surface area contributed by atoms with Gasteiger partial charge in [-0.15, -0.1) is 0 Å². The molecule has 0 amide bonds. The van der Waals surface area contributed by atoms with Crippen molar-refractivity contribution in [2.75, 3.05) is 19.5 Å². The van der Waals surface area contributed by atoms with Gasteiger partial charge >= 0.3 is 5.97 Å². The number of sulfone groups is 1. The highest BCUT2D eigenvalue weighted by molar-refractivity contribution is 7.90. The van der Waals surface area contributed by atoms with E-state index in [2.05, 4.69) is 4.57 Å². The summed E-state index contributed by atoms with van der Waals surface area (Å²) in [5, 5.41) is 0. The van der Waals surface area contributed by atoms with Crippen molar-refractivity contribution in [1.82, 2.24) is 4.57 Å². The second-order valence-electron chi connectivity index (χ2n) is 7.33. The van der Waals surface area contributed by atoms with Gasteiger partial charge in [-0.05, 0) is 57.0 Å². The van der Waals surface area contributed by atoms with E-state index in [-0.39, 0.29) is 29.0 Å². The fraction of sp³-hybridized carbons (Fsp3) is 0.429. The number of aromatic nitrogens is 1. The van der Waals surface area contributed by atoms with Gasteiger partial charge in [-0.25, -0.2) is 13.2 Å². The SMILES string of the molecule is Cc1cc(C(=O)COC(=O)c2ccc(S(C)(=O)=O)cc2)c(C)n1CC1CCCO1. The van der Waals surface area contributed by atoms with Crippen molar-refractivity contribution in [1.29, 1.82) is 0 Å². The van der Waals surface area contributed by atoms with E-state index in [4.69, 9.17) is 9.47 Å². The Kier molecular flexibility index (Phi) is 6.24. The zero-order chi connectivity index (χ0) is 21.2. The fourth-order valence-electron chi connectivity index (χ4n) is 3.49. The quantitative estimate of drug-likeness (QED) is 0.506. The number of aryl methyl sites for hydroxylation is 1. The van der Waals surface area contributed by atoms with Crippen LogP contribution in [-0.2, 0) is 25.9 Å². The maximum Gasteiger partial charge on any atom is 0.338 e. The molecule has 156 valence electrons. The Morgan fingerprint density at radius 2 is 1.90 bits per heavy atom. The molecule has 2 aromatic rings. The fourth-order valence-corrected chi connectivity index (χ4v) is 4.12. The molecule has 1 unspecified atom stereocenters. The van der Waals surface area contributed by atoms with Crippen molar-refractivity contribution in [3.8, 4) is 0 Å². The monoisotopic (exact) mass is 419 g/mol. The summed E-state index contributed by atoms with van der Waals surface area (Å²) in [6, 6.07) is 7.23. The topological polar surface area (TPSA) is 91.7 Å². The molecule has 1 aliphatic rings. The maximum absolute atomic E-state index is 12.6. The molecule has 0 aliphatic carbocycles. The second kappa shape index (κ2) is 8.51. The van der Waals surface area contributed by atoms with Gasteiger partial charge in [0.1, 0.15) is 0 Å². The van der Waals surface area contributed by atoms with Crippen LogP contribution in [0.4, 0.5) is 0 Å². The summed E-state index contributed by atoms with van der Waals surface area (Å²) in [5.41, 5.74) is 2.51. The third-order valence-electron chi connectivity index (χ3n) is 5.14. The molecule has 0 saturated carbocycles. The first-order valence-electron chi connectivity index (χ1n) is 9.45. The molecule has 0 N–H and O–H groups in total. The molecule has 1 saturated heterocycles. The van der Waals surface area contributed by atoms with E-state index in [1.165, 1.54) is 24.3 Å². The molecule has 1 fully saturated rings. The van der Waals surface area contributed by atoms with E-state index in [0.29, 0.717) is 12.1 Å². The molecule has 0 radical (unpaired) electrons. The van der Waals surface area contributed by atoms with Crippen molar-refractivity contribution in [3.63, 3.8) is 0 Å². The Bertz CT molecular complexity index is 1010. The van der Waals surface area contributed by atoms with Gasteiger partial charge in [-0.1, -0.05) is 0 Å². The molecule has 2 heterocycles. The number of carbonyl (C=O) groups excluding carboxylic acids is 2. The number of hydrogen-bond donors (Lipinski definition) is 0. The smallest absolute Gasteiger partial charge is 0.338 e. The van der Waals surface area contributed by atoms with Crippen LogP contribution in [0.15, 0.2) is 35.2 Å². The van der Waals surface area contributed by atoms with Crippen molar-refractivity contribution in [3.05, 3.63) is 52.8 Å². The van der Waals surface area contributed by atoms with E-state index in [1.807, 2.05) is 13.8 Å². The predicted molar refractivity (Wildman–Crippen MR) is 107 cm³/mol. The number of benzene rings is 1. The molecule has 1 aromatic heterocycles.